The molecule has 3 rings (SSSR count). The van der Waals surface area contributed by atoms with Crippen molar-refractivity contribution in [1.29, 1.82) is 0 Å². The van der Waals surface area contributed by atoms with E-state index < -0.39 is 5.60 Å². The average molecular weight is 314 g/mol. The van der Waals surface area contributed by atoms with Crippen molar-refractivity contribution in [3.05, 3.63) is 34.9 Å². The Kier molecular flexibility index (Phi) is 3.88. The van der Waals surface area contributed by atoms with Crippen LogP contribution in [0.3, 0.4) is 0 Å². The highest BCUT2D eigenvalue weighted by atomic mass is 16.6. The molecule has 0 bridgehead atoms. The summed E-state index contributed by atoms with van der Waals surface area (Å²) in [5.74, 6) is 0.0713. The minimum absolute atomic E-state index is 0.0713. The number of likely N-dealkylation sites (tertiary alicyclic amines) is 1. The number of ether oxygens (including phenoxy) is 1. The molecule has 0 unspecified atom stereocenters. The molecule has 1 fully saturated rings. The van der Waals surface area contributed by atoms with E-state index in [1.807, 2.05) is 26.8 Å². The lowest BCUT2D eigenvalue weighted by Crippen LogP contribution is -2.46. The van der Waals surface area contributed by atoms with Crippen LogP contribution in [-0.2, 0) is 16.0 Å². The largest absolute Gasteiger partial charge is 0.444 e. The molecule has 0 saturated carbocycles. The Morgan fingerprint density at radius 1 is 1.26 bits per heavy atom. The predicted octanol–water partition coefficient (Wildman–Crippen LogP) is 3.21. The standard InChI is InChI=1S/C18H22N2O3/c1-18(2,3)23-17(22)20-10-13(11-20)8-12-4-5-14-6-7-16(21)19-15(14)9-12/h4-5,8-9H,6-7,10-11H2,1-3H3,(H,19,21). The molecular formula is C18H22N2O3. The summed E-state index contributed by atoms with van der Waals surface area (Å²) < 4.78 is 5.34. The number of benzene rings is 1. The highest BCUT2D eigenvalue weighted by Crippen LogP contribution is 2.26. The molecule has 0 radical (unpaired) electrons. The van der Waals surface area contributed by atoms with E-state index >= 15 is 0 Å². The number of nitrogens with zero attached hydrogens (tertiary/aromatic N) is 1. The third-order valence-corrected chi connectivity index (χ3v) is 3.84. The molecule has 1 aromatic carbocycles. The van der Waals surface area contributed by atoms with Crippen molar-refractivity contribution in [3.63, 3.8) is 0 Å². The highest BCUT2D eigenvalue weighted by molar-refractivity contribution is 5.94. The van der Waals surface area contributed by atoms with Gasteiger partial charge in [-0.25, -0.2) is 4.79 Å². The van der Waals surface area contributed by atoms with Crippen LogP contribution in [0.4, 0.5) is 10.5 Å². The van der Waals surface area contributed by atoms with Crippen LogP contribution < -0.4 is 5.32 Å². The van der Waals surface area contributed by atoms with Gasteiger partial charge in [0.2, 0.25) is 5.91 Å². The monoisotopic (exact) mass is 314 g/mol. The van der Waals surface area contributed by atoms with Gasteiger partial charge in [-0.15, -0.1) is 0 Å². The van der Waals surface area contributed by atoms with Crippen LogP contribution in [0.15, 0.2) is 23.8 Å². The molecule has 0 aliphatic carbocycles. The number of rotatable bonds is 1. The molecule has 5 heteroatoms. The molecule has 2 amide bonds. The molecule has 0 atom stereocenters. The summed E-state index contributed by atoms with van der Waals surface area (Å²) in [6.07, 6.45) is 3.15. The molecule has 0 spiro atoms. The van der Waals surface area contributed by atoms with Crippen molar-refractivity contribution < 1.29 is 14.3 Å². The number of fused-ring (bicyclic) bond motifs is 1. The van der Waals surface area contributed by atoms with Crippen molar-refractivity contribution in [2.75, 3.05) is 18.4 Å². The van der Waals surface area contributed by atoms with E-state index in [1.54, 1.807) is 4.90 Å². The summed E-state index contributed by atoms with van der Waals surface area (Å²) in [7, 11) is 0. The van der Waals surface area contributed by atoms with Gasteiger partial charge in [-0.3, -0.25) is 4.79 Å². The maximum atomic E-state index is 11.9. The Bertz CT molecular complexity index is 678. The number of carbonyl (C=O) groups excluding carboxylic acids is 2. The molecule has 2 heterocycles. The van der Waals surface area contributed by atoms with Gasteiger partial charge in [0.1, 0.15) is 5.60 Å². The molecule has 1 saturated heterocycles. The van der Waals surface area contributed by atoms with Gasteiger partial charge >= 0.3 is 6.09 Å². The van der Waals surface area contributed by atoms with Crippen molar-refractivity contribution in [3.8, 4) is 0 Å². The van der Waals surface area contributed by atoms with Crippen LogP contribution in [0.1, 0.15) is 38.3 Å². The lowest BCUT2D eigenvalue weighted by molar-refractivity contribution is -0.116. The van der Waals surface area contributed by atoms with Gasteiger partial charge in [0.05, 0.1) is 0 Å². The van der Waals surface area contributed by atoms with E-state index in [9.17, 15) is 9.59 Å². The Morgan fingerprint density at radius 2 is 2.00 bits per heavy atom. The topological polar surface area (TPSA) is 58.6 Å². The summed E-state index contributed by atoms with van der Waals surface area (Å²) in [6.45, 7) is 6.78. The number of aryl methyl sites for hydroxylation is 1. The number of nitrogens with one attached hydrogen (secondary N) is 1. The fourth-order valence-corrected chi connectivity index (χ4v) is 2.71. The van der Waals surface area contributed by atoms with Crippen molar-refractivity contribution in [1.82, 2.24) is 4.90 Å². The van der Waals surface area contributed by atoms with E-state index in [0.717, 1.165) is 17.7 Å². The second-order valence-corrected chi connectivity index (χ2v) is 7.10. The Hall–Kier alpha value is -2.30. The first kappa shape index (κ1) is 15.6. The number of carbonyl (C=O) groups is 2. The molecule has 0 aromatic heterocycles. The zero-order chi connectivity index (χ0) is 16.6. The summed E-state index contributed by atoms with van der Waals surface area (Å²) in [6, 6.07) is 6.11. The molecule has 2 aliphatic rings. The zero-order valence-electron chi connectivity index (χ0n) is 13.8. The van der Waals surface area contributed by atoms with Crippen molar-refractivity contribution in [2.24, 2.45) is 0 Å². The number of hydrogen-bond donors (Lipinski definition) is 1. The number of anilines is 1. The smallest absolute Gasteiger partial charge is 0.410 e. The minimum atomic E-state index is -0.465. The van der Waals surface area contributed by atoms with Crippen LogP contribution in [0.2, 0.25) is 0 Å². The summed E-state index contributed by atoms with van der Waals surface area (Å²) in [5.41, 5.74) is 3.84. The van der Waals surface area contributed by atoms with Gasteiger partial charge in [0, 0.05) is 25.2 Å². The van der Waals surface area contributed by atoms with Crippen LogP contribution in [0, 0.1) is 0 Å². The van der Waals surface area contributed by atoms with Gasteiger partial charge in [-0.05, 0) is 50.0 Å². The van der Waals surface area contributed by atoms with Crippen LogP contribution in [0.5, 0.6) is 0 Å². The van der Waals surface area contributed by atoms with E-state index in [4.69, 9.17) is 4.74 Å². The van der Waals surface area contributed by atoms with Gasteiger partial charge in [-0.2, -0.15) is 0 Å². The van der Waals surface area contributed by atoms with Gasteiger partial charge < -0.3 is 15.0 Å². The quantitative estimate of drug-likeness (QED) is 0.866. The van der Waals surface area contributed by atoms with Gasteiger partial charge in [0.25, 0.3) is 0 Å². The molecule has 1 aromatic rings. The van der Waals surface area contributed by atoms with Crippen LogP contribution in [0.25, 0.3) is 6.08 Å². The van der Waals surface area contributed by atoms with E-state index in [-0.39, 0.29) is 12.0 Å². The number of hydrogen-bond acceptors (Lipinski definition) is 3. The maximum Gasteiger partial charge on any atom is 0.410 e. The normalized spacial score (nSPS) is 17.1. The van der Waals surface area contributed by atoms with E-state index in [0.29, 0.717) is 19.5 Å². The summed E-state index contributed by atoms with van der Waals surface area (Å²) in [5, 5.41) is 2.91. The summed E-state index contributed by atoms with van der Waals surface area (Å²) >= 11 is 0. The molecular weight excluding hydrogens is 292 g/mol. The van der Waals surface area contributed by atoms with Crippen LogP contribution >= 0.6 is 0 Å². The first-order chi connectivity index (χ1) is 10.8. The lowest BCUT2D eigenvalue weighted by atomic mass is 9.98. The minimum Gasteiger partial charge on any atom is -0.444 e. The molecule has 2 aliphatic heterocycles. The molecule has 5 nitrogen and oxygen atoms in total. The second kappa shape index (κ2) is 5.72. The first-order valence-corrected chi connectivity index (χ1v) is 7.90. The number of amides is 2. The Morgan fingerprint density at radius 3 is 2.70 bits per heavy atom. The fraction of sp³-hybridized carbons (Fsp3) is 0.444. The average Bonchev–Trinajstić information content (AvgIpc) is 2.39. The predicted molar refractivity (Wildman–Crippen MR) is 89.2 cm³/mol. The Labute approximate surface area is 136 Å². The second-order valence-electron chi connectivity index (χ2n) is 7.10. The van der Waals surface area contributed by atoms with Crippen molar-refractivity contribution in [2.45, 2.75) is 39.2 Å². The fourth-order valence-electron chi connectivity index (χ4n) is 2.71. The highest BCUT2D eigenvalue weighted by Gasteiger charge is 2.29. The van der Waals surface area contributed by atoms with Gasteiger partial charge in [-0.1, -0.05) is 18.2 Å². The molecule has 23 heavy (non-hydrogen) atoms. The lowest BCUT2D eigenvalue weighted by Gasteiger charge is -2.35. The third kappa shape index (κ3) is 3.73. The van der Waals surface area contributed by atoms with E-state index in [2.05, 4.69) is 23.5 Å². The SMILES string of the molecule is CC(C)(C)OC(=O)N1CC(=Cc2ccc3c(c2)NC(=O)CC3)C1. The maximum absolute atomic E-state index is 11.9. The third-order valence-electron chi connectivity index (χ3n) is 3.84. The van der Waals surface area contributed by atoms with E-state index in [1.165, 1.54) is 11.1 Å². The molecule has 122 valence electrons. The molecule has 1 N–H and O–H groups in total. The Balaban J connectivity index is 1.63. The van der Waals surface area contributed by atoms with Crippen molar-refractivity contribution >= 4 is 23.8 Å². The van der Waals surface area contributed by atoms with Gasteiger partial charge in [0.15, 0.2) is 0 Å². The first-order valence-electron chi connectivity index (χ1n) is 7.90. The zero-order valence-corrected chi connectivity index (χ0v) is 13.8. The van der Waals surface area contributed by atoms with Crippen LogP contribution in [-0.4, -0.2) is 35.6 Å². The summed E-state index contributed by atoms with van der Waals surface area (Å²) in [4.78, 5) is 25.0.